The monoisotopic (exact) mass is 853 g/mol. The van der Waals surface area contributed by atoms with Crippen molar-refractivity contribution < 1.29 is 38.1 Å². The zero-order valence-corrected chi connectivity index (χ0v) is 37.8. The molecule has 0 saturated heterocycles. The molecule has 1 aromatic rings. The molecule has 1 aromatic carbocycles. The SMILES string of the molecule is CCOC(=O)/C=C/c1ccc(OC(=O)[C@@]2(C)CC[C@]3(C)CC[C@]4(C)C(=CC(=O)[C@@H]5[C@@]6(C)CC[C@H](OC(=O)[C@@H](N)CC[Se]C)C(C)(C)[C@@H]6CC[C@]54C)[C@H]3C2)c(OC)c1. The molecule has 9 nitrogen and oxygen atoms in total. The number of ketones is 1. The van der Waals surface area contributed by atoms with Gasteiger partial charge in [-0.3, -0.25) is 4.79 Å². The number of ether oxygens (including phenoxy) is 4. The number of hydrogen-bond donors (Lipinski definition) is 1. The van der Waals surface area contributed by atoms with Gasteiger partial charge in [0.05, 0.1) is 19.1 Å². The fraction of sp³-hybridized carbons (Fsp3) is 0.702. The van der Waals surface area contributed by atoms with Gasteiger partial charge in [-0.15, -0.1) is 0 Å². The van der Waals surface area contributed by atoms with Gasteiger partial charge in [0.1, 0.15) is 0 Å². The van der Waals surface area contributed by atoms with E-state index in [1.165, 1.54) is 18.8 Å². The van der Waals surface area contributed by atoms with Crippen LogP contribution in [0.2, 0.25) is 11.1 Å². The Morgan fingerprint density at radius 1 is 0.965 bits per heavy atom. The molecule has 2 N–H and O–H groups in total. The molecule has 57 heavy (non-hydrogen) atoms. The van der Waals surface area contributed by atoms with Gasteiger partial charge in [-0.1, -0.05) is 25.5 Å². The predicted molar refractivity (Wildman–Crippen MR) is 223 cm³/mol. The summed E-state index contributed by atoms with van der Waals surface area (Å²) in [4.78, 5) is 54.2. The second kappa shape index (κ2) is 15.9. The summed E-state index contributed by atoms with van der Waals surface area (Å²) >= 11 is 0.464. The summed E-state index contributed by atoms with van der Waals surface area (Å²) in [6.45, 7) is 18.1. The summed E-state index contributed by atoms with van der Waals surface area (Å²) in [5, 5.41) is 0.960. The molecule has 0 aliphatic heterocycles. The third kappa shape index (κ3) is 7.47. The normalized spacial score (nSPS) is 37.4. The van der Waals surface area contributed by atoms with E-state index in [0.717, 1.165) is 50.3 Å². The summed E-state index contributed by atoms with van der Waals surface area (Å²) in [5.41, 5.74) is 6.43. The first kappa shape index (κ1) is 43.6. The summed E-state index contributed by atoms with van der Waals surface area (Å²) in [6.07, 6.45) is 13.2. The Morgan fingerprint density at radius 2 is 1.68 bits per heavy atom. The summed E-state index contributed by atoms with van der Waals surface area (Å²) in [6, 6.07) is 4.64. The number of carbonyl (C=O) groups excluding carboxylic acids is 4. The third-order valence-electron chi connectivity index (χ3n) is 16.3. The molecule has 314 valence electrons. The van der Waals surface area contributed by atoms with Crippen LogP contribution in [0.4, 0.5) is 0 Å². The van der Waals surface area contributed by atoms with Crippen molar-refractivity contribution in [3.63, 3.8) is 0 Å². The first-order chi connectivity index (χ1) is 26.7. The van der Waals surface area contributed by atoms with E-state index < -0.39 is 17.4 Å². The van der Waals surface area contributed by atoms with Gasteiger partial charge >= 0.3 is 181 Å². The van der Waals surface area contributed by atoms with Crippen LogP contribution in [-0.4, -0.2) is 64.5 Å². The van der Waals surface area contributed by atoms with Crippen LogP contribution >= 0.6 is 0 Å². The van der Waals surface area contributed by atoms with Crippen molar-refractivity contribution >= 4 is 44.7 Å². The van der Waals surface area contributed by atoms with Gasteiger partial charge in [-0.05, 0) is 81.1 Å². The van der Waals surface area contributed by atoms with Gasteiger partial charge in [-0.25, -0.2) is 4.79 Å². The van der Waals surface area contributed by atoms with Crippen LogP contribution in [0.5, 0.6) is 11.5 Å². The van der Waals surface area contributed by atoms with Crippen LogP contribution in [0.15, 0.2) is 35.9 Å². The fourth-order valence-corrected chi connectivity index (χ4v) is 13.6. The number of allylic oxidation sites excluding steroid dienone is 2. The molecular weight excluding hydrogens is 785 g/mol. The predicted octanol–water partition coefficient (Wildman–Crippen LogP) is 8.96. The Morgan fingerprint density at radius 3 is 2.37 bits per heavy atom. The van der Waals surface area contributed by atoms with Crippen LogP contribution in [-0.2, 0) is 28.7 Å². The van der Waals surface area contributed by atoms with Gasteiger partial charge in [0.25, 0.3) is 0 Å². The second-order valence-electron chi connectivity index (χ2n) is 19.8. The standard InChI is InChI=1S/C47H67NO8Se/c1-11-54-38(50)15-13-29-12-14-34(35(26-29)53-9)55-41(52)44(5)22-21-43(4)23-24-46(7)30(31(43)28-44)27-33(49)39-45(6)19-17-37(56-40(51)32(48)18-25-57-10)42(2,3)36(45)16-20-47(39,46)8/h12-15,26-27,31-32,36-37,39H,11,16-25,28,48H2,1-10H3/b15-13+/t31-,32+,36+,37+,39-,43-,44+,45+,46-,47-/m1/s1. The third-order valence-corrected chi connectivity index (χ3v) is 17.6. The number of methoxy groups -OCH3 is 1. The van der Waals surface area contributed by atoms with E-state index in [1.54, 1.807) is 31.2 Å². The number of esters is 3. The molecule has 4 fully saturated rings. The van der Waals surface area contributed by atoms with Crippen LogP contribution in [0.3, 0.4) is 0 Å². The summed E-state index contributed by atoms with van der Waals surface area (Å²) < 4.78 is 23.0. The Bertz CT molecular complexity index is 1820. The number of hydrogen-bond acceptors (Lipinski definition) is 9. The molecule has 5 aliphatic carbocycles. The maximum atomic E-state index is 15.0. The van der Waals surface area contributed by atoms with Gasteiger partial charge in [0, 0.05) is 6.08 Å². The molecule has 5 aliphatic rings. The van der Waals surface area contributed by atoms with Crippen molar-refractivity contribution in [3.05, 3.63) is 41.5 Å². The molecular formula is C47H67NO8Se. The van der Waals surface area contributed by atoms with E-state index in [9.17, 15) is 19.2 Å². The second-order valence-corrected chi connectivity index (χ2v) is 21.9. The molecule has 0 radical (unpaired) electrons. The van der Waals surface area contributed by atoms with Crippen molar-refractivity contribution in [1.82, 2.24) is 0 Å². The average molecular weight is 853 g/mol. The van der Waals surface area contributed by atoms with Crippen LogP contribution in [0, 0.1) is 50.2 Å². The molecule has 0 bridgehead atoms. The van der Waals surface area contributed by atoms with Crippen molar-refractivity contribution in [2.45, 2.75) is 143 Å². The number of benzene rings is 1. The topological polar surface area (TPSA) is 131 Å². The van der Waals surface area contributed by atoms with Crippen molar-refractivity contribution in [3.8, 4) is 11.5 Å². The van der Waals surface area contributed by atoms with Gasteiger partial charge in [-0.2, -0.15) is 0 Å². The molecule has 0 spiro atoms. The van der Waals surface area contributed by atoms with E-state index in [4.69, 9.17) is 24.7 Å². The number of nitrogens with two attached hydrogens (primary N) is 1. The molecule has 0 aromatic heterocycles. The zero-order chi connectivity index (χ0) is 41.8. The Balaban J connectivity index is 1.25. The molecule has 0 heterocycles. The smallest absolute Gasteiger partial charge is 0.493 e. The minimum absolute atomic E-state index is 0.0246. The van der Waals surface area contributed by atoms with E-state index >= 15 is 0 Å². The summed E-state index contributed by atoms with van der Waals surface area (Å²) in [5.74, 6) is 2.24. The molecule has 6 rings (SSSR count). The average Bonchev–Trinajstić information content (AvgIpc) is 3.16. The number of fused-ring (bicyclic) bond motifs is 7. The number of carbonyl (C=O) groups is 4. The Hall–Kier alpha value is -2.94. The van der Waals surface area contributed by atoms with Gasteiger partial charge in [0.15, 0.2) is 11.5 Å². The zero-order valence-electron chi connectivity index (χ0n) is 36.1. The van der Waals surface area contributed by atoms with Crippen LogP contribution in [0.25, 0.3) is 6.08 Å². The quantitative estimate of drug-likeness (QED) is 0.100. The molecule has 10 atom stereocenters. The Kier molecular flexibility index (Phi) is 12.2. The first-order valence-electron chi connectivity index (χ1n) is 21.2. The number of rotatable bonds is 11. The van der Waals surface area contributed by atoms with Gasteiger partial charge in [0.2, 0.25) is 0 Å². The van der Waals surface area contributed by atoms with E-state index in [0.29, 0.717) is 57.9 Å². The van der Waals surface area contributed by atoms with E-state index in [2.05, 4.69) is 47.4 Å². The van der Waals surface area contributed by atoms with Crippen molar-refractivity contribution in [2.24, 2.45) is 56.0 Å². The van der Waals surface area contributed by atoms with E-state index in [-0.39, 0.29) is 68.7 Å². The molecule has 4 saturated carbocycles. The molecule has 0 unspecified atom stereocenters. The Labute approximate surface area is 347 Å². The first-order valence-corrected chi connectivity index (χ1v) is 24.1. The van der Waals surface area contributed by atoms with Crippen LogP contribution in [0.1, 0.15) is 125 Å². The van der Waals surface area contributed by atoms with Crippen molar-refractivity contribution in [2.75, 3.05) is 13.7 Å². The molecule has 10 heteroatoms. The molecule has 0 amide bonds. The van der Waals surface area contributed by atoms with E-state index in [1.807, 2.05) is 13.0 Å². The van der Waals surface area contributed by atoms with Gasteiger partial charge < -0.3 is 14.2 Å². The maximum absolute atomic E-state index is 15.0. The van der Waals surface area contributed by atoms with Crippen LogP contribution < -0.4 is 15.2 Å². The fourth-order valence-electron chi connectivity index (χ4n) is 12.6. The minimum atomic E-state index is -0.763. The van der Waals surface area contributed by atoms with Crippen molar-refractivity contribution in [1.29, 1.82) is 0 Å². The minimum Gasteiger partial charge on any atom is -0.493 e. The summed E-state index contributed by atoms with van der Waals surface area (Å²) in [7, 11) is 1.53.